The number of alkyl halides is 3. The van der Waals surface area contributed by atoms with Crippen LogP contribution < -0.4 is 9.64 Å². The molecule has 4 rings (SSSR count). The van der Waals surface area contributed by atoms with Crippen LogP contribution in [0.4, 0.5) is 18.9 Å². The van der Waals surface area contributed by atoms with E-state index < -0.39 is 17.7 Å². The fourth-order valence-corrected chi connectivity index (χ4v) is 3.38. The van der Waals surface area contributed by atoms with Crippen molar-refractivity contribution >= 4 is 11.6 Å². The number of amides is 1. The summed E-state index contributed by atoms with van der Waals surface area (Å²) in [6.45, 7) is 2.57. The molecular weight excluding hydrogens is 399 g/mol. The number of carbonyl (C=O) groups excluding carboxylic acids is 1. The SMILES string of the molecule is CCOc1cccc(-c2noc(C3CC(=O)N(c4cccc(C(F)(F)F)c4)C3)n2)c1. The van der Waals surface area contributed by atoms with E-state index >= 15 is 0 Å². The Morgan fingerprint density at radius 3 is 2.77 bits per heavy atom. The molecule has 1 aliphatic rings. The van der Waals surface area contributed by atoms with Crippen molar-refractivity contribution in [2.24, 2.45) is 0 Å². The summed E-state index contributed by atoms with van der Waals surface area (Å²) in [5.41, 5.74) is 0.0991. The summed E-state index contributed by atoms with van der Waals surface area (Å²) in [7, 11) is 0. The van der Waals surface area contributed by atoms with Gasteiger partial charge >= 0.3 is 6.18 Å². The van der Waals surface area contributed by atoms with E-state index in [1.807, 2.05) is 25.1 Å². The molecule has 30 heavy (non-hydrogen) atoms. The minimum Gasteiger partial charge on any atom is -0.494 e. The van der Waals surface area contributed by atoms with Crippen molar-refractivity contribution in [1.29, 1.82) is 0 Å². The van der Waals surface area contributed by atoms with Crippen LogP contribution in [-0.4, -0.2) is 29.2 Å². The molecule has 2 aromatic carbocycles. The van der Waals surface area contributed by atoms with E-state index in [0.29, 0.717) is 23.7 Å². The molecule has 3 aromatic rings. The Bertz CT molecular complexity index is 1060. The monoisotopic (exact) mass is 417 g/mol. The van der Waals surface area contributed by atoms with E-state index in [1.165, 1.54) is 17.0 Å². The molecule has 0 N–H and O–H groups in total. The first kappa shape index (κ1) is 19.9. The van der Waals surface area contributed by atoms with Crippen LogP contribution >= 0.6 is 0 Å². The summed E-state index contributed by atoms with van der Waals surface area (Å²) in [5.74, 6) is 0.611. The zero-order valence-corrected chi connectivity index (χ0v) is 16.0. The minimum atomic E-state index is -4.48. The van der Waals surface area contributed by atoms with Crippen LogP contribution in [0.1, 0.15) is 30.7 Å². The molecule has 0 bridgehead atoms. The summed E-state index contributed by atoms with van der Waals surface area (Å²) in [5, 5.41) is 3.98. The number of nitrogens with zero attached hydrogens (tertiary/aromatic N) is 3. The molecular formula is C21H18F3N3O3. The van der Waals surface area contributed by atoms with Crippen LogP contribution in [0.5, 0.6) is 5.75 Å². The zero-order valence-electron chi connectivity index (χ0n) is 16.0. The van der Waals surface area contributed by atoms with E-state index in [4.69, 9.17) is 9.26 Å². The lowest BCUT2D eigenvalue weighted by molar-refractivity contribution is -0.137. The Morgan fingerprint density at radius 2 is 2.00 bits per heavy atom. The number of anilines is 1. The molecule has 0 spiro atoms. The van der Waals surface area contributed by atoms with Crippen LogP contribution in [0.25, 0.3) is 11.4 Å². The van der Waals surface area contributed by atoms with Crippen LogP contribution in [0, 0.1) is 0 Å². The van der Waals surface area contributed by atoms with Gasteiger partial charge < -0.3 is 14.2 Å². The molecule has 1 aliphatic heterocycles. The van der Waals surface area contributed by atoms with Gasteiger partial charge in [-0.25, -0.2) is 0 Å². The summed E-state index contributed by atoms with van der Waals surface area (Å²) in [6, 6.07) is 11.9. The topological polar surface area (TPSA) is 68.5 Å². The maximum Gasteiger partial charge on any atom is 0.416 e. The van der Waals surface area contributed by atoms with Gasteiger partial charge in [-0.3, -0.25) is 4.79 Å². The third kappa shape index (κ3) is 4.00. The molecule has 1 saturated heterocycles. The Labute approximate surface area is 170 Å². The van der Waals surface area contributed by atoms with Crippen molar-refractivity contribution in [3.05, 3.63) is 60.0 Å². The molecule has 1 unspecified atom stereocenters. The fourth-order valence-electron chi connectivity index (χ4n) is 3.38. The summed E-state index contributed by atoms with van der Waals surface area (Å²) in [4.78, 5) is 18.2. The first-order chi connectivity index (χ1) is 14.3. The average molecular weight is 417 g/mol. The highest BCUT2D eigenvalue weighted by Gasteiger charge is 2.37. The zero-order chi connectivity index (χ0) is 21.3. The van der Waals surface area contributed by atoms with E-state index in [0.717, 1.165) is 12.1 Å². The smallest absolute Gasteiger partial charge is 0.416 e. The molecule has 0 aliphatic carbocycles. The van der Waals surface area contributed by atoms with Gasteiger partial charge in [0.25, 0.3) is 0 Å². The maximum atomic E-state index is 13.0. The minimum absolute atomic E-state index is 0.0802. The molecule has 1 aromatic heterocycles. The van der Waals surface area contributed by atoms with Crippen molar-refractivity contribution in [3.63, 3.8) is 0 Å². The summed E-state index contributed by atoms with van der Waals surface area (Å²) < 4.78 is 49.8. The quantitative estimate of drug-likeness (QED) is 0.603. The van der Waals surface area contributed by atoms with E-state index in [9.17, 15) is 18.0 Å². The third-order valence-electron chi connectivity index (χ3n) is 4.80. The standard InChI is InChI=1S/C21H18F3N3O3/c1-2-29-17-8-3-5-13(9-17)19-25-20(30-26-19)14-10-18(28)27(12-14)16-7-4-6-15(11-16)21(22,23)24/h3-9,11,14H,2,10,12H2,1H3. The normalized spacial score (nSPS) is 16.9. The van der Waals surface area contributed by atoms with Crippen LogP contribution in [0.2, 0.25) is 0 Å². The Hall–Kier alpha value is -3.36. The van der Waals surface area contributed by atoms with Crippen molar-refractivity contribution in [1.82, 2.24) is 10.1 Å². The second kappa shape index (κ2) is 7.81. The molecule has 6 nitrogen and oxygen atoms in total. The number of ether oxygens (including phenoxy) is 1. The molecule has 1 fully saturated rings. The van der Waals surface area contributed by atoms with Crippen LogP contribution in [0.15, 0.2) is 53.1 Å². The highest BCUT2D eigenvalue weighted by atomic mass is 19.4. The first-order valence-electron chi connectivity index (χ1n) is 9.39. The molecule has 9 heteroatoms. The number of carbonyl (C=O) groups is 1. The molecule has 0 radical (unpaired) electrons. The van der Waals surface area contributed by atoms with Crippen molar-refractivity contribution in [3.8, 4) is 17.1 Å². The van der Waals surface area contributed by atoms with Gasteiger partial charge in [-0.2, -0.15) is 18.2 Å². The highest BCUT2D eigenvalue weighted by molar-refractivity contribution is 5.96. The number of halogens is 3. The highest BCUT2D eigenvalue weighted by Crippen LogP contribution is 2.35. The number of rotatable bonds is 5. The number of hydrogen-bond donors (Lipinski definition) is 0. The number of hydrogen-bond acceptors (Lipinski definition) is 5. The fraction of sp³-hybridized carbons (Fsp3) is 0.286. The van der Waals surface area contributed by atoms with Gasteiger partial charge in [-0.05, 0) is 37.3 Å². The Balaban J connectivity index is 1.54. The van der Waals surface area contributed by atoms with Gasteiger partial charge in [0.05, 0.1) is 18.1 Å². The summed E-state index contributed by atoms with van der Waals surface area (Å²) >= 11 is 0. The van der Waals surface area contributed by atoms with Gasteiger partial charge in [0, 0.05) is 24.2 Å². The van der Waals surface area contributed by atoms with Crippen LogP contribution in [-0.2, 0) is 11.0 Å². The number of aromatic nitrogens is 2. The van der Waals surface area contributed by atoms with Crippen molar-refractivity contribution in [2.75, 3.05) is 18.1 Å². The van der Waals surface area contributed by atoms with Crippen molar-refractivity contribution in [2.45, 2.75) is 25.4 Å². The van der Waals surface area contributed by atoms with Crippen molar-refractivity contribution < 1.29 is 27.2 Å². The molecule has 156 valence electrons. The van der Waals surface area contributed by atoms with Gasteiger partial charge in [0.15, 0.2) is 0 Å². The second-order valence-electron chi connectivity index (χ2n) is 6.87. The molecule has 1 amide bonds. The second-order valence-corrected chi connectivity index (χ2v) is 6.87. The van der Waals surface area contributed by atoms with Gasteiger partial charge in [-0.15, -0.1) is 0 Å². The van der Waals surface area contributed by atoms with E-state index in [1.54, 1.807) is 6.07 Å². The third-order valence-corrected chi connectivity index (χ3v) is 4.80. The lowest BCUT2D eigenvalue weighted by Gasteiger charge is -2.17. The predicted octanol–water partition coefficient (Wildman–Crippen LogP) is 4.67. The largest absolute Gasteiger partial charge is 0.494 e. The predicted molar refractivity (Wildman–Crippen MR) is 102 cm³/mol. The maximum absolute atomic E-state index is 13.0. The first-order valence-corrected chi connectivity index (χ1v) is 9.39. The van der Waals surface area contributed by atoms with Gasteiger partial charge in [0.1, 0.15) is 5.75 Å². The number of benzene rings is 2. The van der Waals surface area contributed by atoms with E-state index in [2.05, 4.69) is 10.1 Å². The van der Waals surface area contributed by atoms with E-state index in [-0.39, 0.29) is 30.5 Å². The average Bonchev–Trinajstić information content (AvgIpc) is 3.35. The van der Waals surface area contributed by atoms with Gasteiger partial charge in [-0.1, -0.05) is 23.4 Å². The molecule has 0 saturated carbocycles. The Morgan fingerprint density at radius 1 is 1.20 bits per heavy atom. The van der Waals surface area contributed by atoms with Gasteiger partial charge in [0.2, 0.25) is 17.6 Å². The summed E-state index contributed by atoms with van der Waals surface area (Å²) in [6.07, 6.45) is -4.40. The van der Waals surface area contributed by atoms with Crippen LogP contribution in [0.3, 0.4) is 0 Å². The lowest BCUT2D eigenvalue weighted by Crippen LogP contribution is -2.24. The molecule has 2 heterocycles. The Kier molecular flexibility index (Phi) is 5.19. The lowest BCUT2D eigenvalue weighted by atomic mass is 10.1. The molecule has 1 atom stereocenters.